The molecule has 0 aliphatic heterocycles. The molecule has 0 aromatic heterocycles. The minimum atomic E-state index is -1.47. The molecule has 0 spiro atoms. The second-order valence-electron chi connectivity index (χ2n) is 4.53. The van der Waals surface area contributed by atoms with E-state index < -0.39 is 54.6 Å². The molecule has 128 valence electrons. The summed E-state index contributed by atoms with van der Waals surface area (Å²) < 4.78 is 0. The number of nitrogens with one attached hydrogen (secondary N) is 2. The number of rotatable bonds is 11. The lowest BCUT2D eigenvalue weighted by atomic mass is 10.1. The Hall–Kier alpha value is -2.91. The normalized spacial score (nSPS) is 12.5. The van der Waals surface area contributed by atoms with Crippen LogP contribution in [0, 0.1) is 0 Å². The standard InChI is InChI=1S/C13H18N2O8/c1-2-9(16)14-7(3-5-10(17)18)12(21)15-8(13(22)23)4-6-11(19)20/h2,7-8H,1,3-6H2,(H,14,16)(H,15,21)(H,17,18)(H,19,20)(H,22,23)/t7-,8-/m0/s1. The Labute approximate surface area is 131 Å². The quantitative estimate of drug-likeness (QED) is 0.299. The highest BCUT2D eigenvalue weighted by Gasteiger charge is 2.26. The molecule has 2 amide bonds. The van der Waals surface area contributed by atoms with Crippen LogP contribution in [0.15, 0.2) is 12.7 Å². The van der Waals surface area contributed by atoms with Crippen molar-refractivity contribution in [2.45, 2.75) is 37.8 Å². The van der Waals surface area contributed by atoms with Gasteiger partial charge >= 0.3 is 17.9 Å². The van der Waals surface area contributed by atoms with Crippen molar-refractivity contribution >= 4 is 29.7 Å². The van der Waals surface area contributed by atoms with Crippen molar-refractivity contribution in [2.75, 3.05) is 0 Å². The van der Waals surface area contributed by atoms with Gasteiger partial charge in [-0.25, -0.2) is 4.79 Å². The van der Waals surface area contributed by atoms with Crippen LogP contribution in [-0.4, -0.2) is 57.1 Å². The van der Waals surface area contributed by atoms with Gasteiger partial charge in [0.05, 0.1) is 0 Å². The highest BCUT2D eigenvalue weighted by Crippen LogP contribution is 2.03. The molecule has 0 fully saturated rings. The summed E-state index contributed by atoms with van der Waals surface area (Å²) >= 11 is 0. The van der Waals surface area contributed by atoms with Crippen LogP contribution in [0.4, 0.5) is 0 Å². The van der Waals surface area contributed by atoms with E-state index >= 15 is 0 Å². The van der Waals surface area contributed by atoms with Crippen molar-refractivity contribution in [3.8, 4) is 0 Å². The van der Waals surface area contributed by atoms with E-state index in [4.69, 9.17) is 15.3 Å². The zero-order valence-corrected chi connectivity index (χ0v) is 12.2. The third kappa shape index (κ3) is 8.86. The lowest BCUT2D eigenvalue weighted by Crippen LogP contribution is -2.51. The fourth-order valence-corrected chi connectivity index (χ4v) is 1.56. The van der Waals surface area contributed by atoms with Crippen LogP contribution in [0.25, 0.3) is 0 Å². The molecule has 0 radical (unpaired) electrons. The first-order chi connectivity index (χ1) is 10.7. The molecular formula is C13H18N2O8. The molecule has 5 N–H and O–H groups in total. The van der Waals surface area contributed by atoms with Crippen LogP contribution in [0.1, 0.15) is 25.7 Å². The van der Waals surface area contributed by atoms with Gasteiger partial charge in [0.15, 0.2) is 0 Å². The fraction of sp³-hybridized carbons (Fsp3) is 0.462. The van der Waals surface area contributed by atoms with Gasteiger partial charge in [-0.2, -0.15) is 0 Å². The summed E-state index contributed by atoms with van der Waals surface area (Å²) in [7, 11) is 0. The van der Waals surface area contributed by atoms with E-state index in [1.54, 1.807) is 0 Å². The topological polar surface area (TPSA) is 170 Å². The first-order valence-electron chi connectivity index (χ1n) is 6.57. The van der Waals surface area contributed by atoms with Crippen molar-refractivity contribution in [3.05, 3.63) is 12.7 Å². The van der Waals surface area contributed by atoms with Gasteiger partial charge < -0.3 is 26.0 Å². The number of amides is 2. The average molecular weight is 330 g/mol. The maximum absolute atomic E-state index is 12.0. The molecule has 23 heavy (non-hydrogen) atoms. The van der Waals surface area contributed by atoms with Gasteiger partial charge in [0.1, 0.15) is 12.1 Å². The second kappa shape index (κ2) is 9.92. The number of hydrogen-bond acceptors (Lipinski definition) is 5. The van der Waals surface area contributed by atoms with E-state index in [0.29, 0.717) is 0 Å². The number of carbonyl (C=O) groups excluding carboxylic acids is 2. The van der Waals surface area contributed by atoms with E-state index in [2.05, 4.69) is 17.2 Å². The maximum Gasteiger partial charge on any atom is 0.326 e. The average Bonchev–Trinajstić information content (AvgIpc) is 2.46. The van der Waals surface area contributed by atoms with Gasteiger partial charge in [0, 0.05) is 12.8 Å². The predicted molar refractivity (Wildman–Crippen MR) is 75.4 cm³/mol. The van der Waals surface area contributed by atoms with Crippen LogP contribution in [0.3, 0.4) is 0 Å². The third-order valence-electron chi connectivity index (χ3n) is 2.73. The van der Waals surface area contributed by atoms with Gasteiger partial charge in [-0.15, -0.1) is 0 Å². The Morgan fingerprint density at radius 1 is 0.870 bits per heavy atom. The van der Waals surface area contributed by atoms with Crippen LogP contribution < -0.4 is 10.6 Å². The Morgan fingerprint density at radius 2 is 1.35 bits per heavy atom. The molecule has 0 aliphatic rings. The van der Waals surface area contributed by atoms with Gasteiger partial charge in [0.25, 0.3) is 0 Å². The smallest absolute Gasteiger partial charge is 0.326 e. The number of carboxylic acids is 3. The van der Waals surface area contributed by atoms with Gasteiger partial charge in [-0.05, 0) is 18.9 Å². The highest BCUT2D eigenvalue weighted by atomic mass is 16.4. The van der Waals surface area contributed by atoms with Crippen molar-refractivity contribution in [1.29, 1.82) is 0 Å². The van der Waals surface area contributed by atoms with Crippen LogP contribution >= 0.6 is 0 Å². The van der Waals surface area contributed by atoms with Gasteiger partial charge in [-0.1, -0.05) is 6.58 Å². The Morgan fingerprint density at radius 3 is 1.74 bits per heavy atom. The van der Waals surface area contributed by atoms with Crippen LogP contribution in [0.2, 0.25) is 0 Å². The van der Waals surface area contributed by atoms with Crippen molar-refractivity contribution in [2.24, 2.45) is 0 Å². The maximum atomic E-state index is 12.0. The lowest BCUT2D eigenvalue weighted by Gasteiger charge is -2.20. The van der Waals surface area contributed by atoms with E-state index in [1.165, 1.54) is 0 Å². The van der Waals surface area contributed by atoms with Gasteiger partial charge in [0.2, 0.25) is 11.8 Å². The van der Waals surface area contributed by atoms with E-state index in [0.717, 1.165) is 6.08 Å². The molecule has 0 bridgehead atoms. The number of carbonyl (C=O) groups is 5. The number of carboxylic acid groups (broad SMARTS) is 3. The van der Waals surface area contributed by atoms with Crippen molar-refractivity contribution in [1.82, 2.24) is 10.6 Å². The third-order valence-corrected chi connectivity index (χ3v) is 2.73. The minimum absolute atomic E-state index is 0.258. The molecule has 0 aromatic carbocycles. The fourth-order valence-electron chi connectivity index (χ4n) is 1.56. The first-order valence-corrected chi connectivity index (χ1v) is 6.57. The lowest BCUT2D eigenvalue weighted by molar-refractivity contribution is -0.144. The molecule has 0 heterocycles. The van der Waals surface area contributed by atoms with Crippen molar-refractivity contribution < 1.29 is 39.3 Å². The van der Waals surface area contributed by atoms with Crippen LogP contribution in [-0.2, 0) is 24.0 Å². The Bertz CT molecular complexity index is 502. The molecule has 10 heteroatoms. The summed E-state index contributed by atoms with van der Waals surface area (Å²) in [5.74, 6) is -5.51. The summed E-state index contributed by atoms with van der Waals surface area (Å²) in [6.07, 6.45) is -0.637. The zero-order valence-electron chi connectivity index (χ0n) is 12.2. The SMILES string of the molecule is C=CC(=O)N[C@@H](CCC(=O)O)C(=O)N[C@@H](CCC(=O)O)C(=O)O. The van der Waals surface area contributed by atoms with Crippen molar-refractivity contribution in [3.63, 3.8) is 0 Å². The number of aliphatic carboxylic acids is 3. The summed E-state index contributed by atoms with van der Waals surface area (Å²) in [5.41, 5.74) is 0. The Balaban J connectivity index is 4.90. The summed E-state index contributed by atoms with van der Waals surface area (Å²) in [5, 5.41) is 30.4. The summed E-state index contributed by atoms with van der Waals surface area (Å²) in [6.45, 7) is 3.19. The molecule has 0 rings (SSSR count). The van der Waals surface area contributed by atoms with E-state index in [1.807, 2.05) is 0 Å². The molecular weight excluding hydrogens is 312 g/mol. The van der Waals surface area contributed by atoms with E-state index in [9.17, 15) is 24.0 Å². The largest absolute Gasteiger partial charge is 0.481 e. The van der Waals surface area contributed by atoms with E-state index in [-0.39, 0.29) is 12.8 Å². The molecule has 0 aliphatic carbocycles. The Kier molecular flexibility index (Phi) is 8.67. The molecule has 10 nitrogen and oxygen atoms in total. The summed E-state index contributed by atoms with van der Waals surface area (Å²) in [6, 6.07) is -2.74. The first kappa shape index (κ1) is 20.1. The molecule has 0 unspecified atom stereocenters. The minimum Gasteiger partial charge on any atom is -0.481 e. The van der Waals surface area contributed by atoms with Crippen LogP contribution in [0.5, 0.6) is 0 Å². The molecule has 0 saturated heterocycles. The second-order valence-corrected chi connectivity index (χ2v) is 4.53. The van der Waals surface area contributed by atoms with Gasteiger partial charge in [-0.3, -0.25) is 19.2 Å². The molecule has 0 aromatic rings. The zero-order chi connectivity index (χ0) is 18.0. The highest BCUT2D eigenvalue weighted by molar-refractivity contribution is 5.94. The molecule has 2 atom stereocenters. The number of hydrogen-bond donors (Lipinski definition) is 5. The summed E-state index contributed by atoms with van der Waals surface area (Å²) in [4.78, 5) is 55.3. The predicted octanol–water partition coefficient (Wildman–Crippen LogP) is -1.04. The monoisotopic (exact) mass is 330 g/mol. The molecule has 0 saturated carbocycles.